The van der Waals surface area contributed by atoms with Gasteiger partial charge in [-0.05, 0) is 48.7 Å². The third-order valence-electron chi connectivity index (χ3n) is 4.85. The van der Waals surface area contributed by atoms with E-state index in [4.69, 9.17) is 19.2 Å². The highest BCUT2D eigenvalue weighted by Crippen LogP contribution is 2.38. The van der Waals surface area contributed by atoms with Gasteiger partial charge in [0, 0.05) is 19.3 Å². The number of methoxy groups -OCH3 is 3. The number of aromatic nitrogens is 2. The van der Waals surface area contributed by atoms with Crippen LogP contribution in [0.25, 0.3) is 5.69 Å². The van der Waals surface area contributed by atoms with E-state index in [2.05, 4.69) is 21.9 Å². The fourth-order valence-corrected chi connectivity index (χ4v) is 3.28. The molecule has 0 atom stereocenters. The zero-order valence-corrected chi connectivity index (χ0v) is 19.1. The van der Waals surface area contributed by atoms with E-state index in [-0.39, 0.29) is 0 Å². The van der Waals surface area contributed by atoms with Gasteiger partial charge in [0.15, 0.2) is 17.5 Å². The Kier molecular flexibility index (Phi) is 8.36. The van der Waals surface area contributed by atoms with Crippen LogP contribution in [0.3, 0.4) is 0 Å². The Labute approximate surface area is 189 Å². The zero-order valence-electron chi connectivity index (χ0n) is 19.1. The van der Waals surface area contributed by atoms with E-state index in [1.54, 1.807) is 21.3 Å². The first kappa shape index (κ1) is 23.0. The molecule has 0 fully saturated rings. The van der Waals surface area contributed by atoms with E-state index in [1.165, 1.54) is 0 Å². The number of guanidine groups is 1. The zero-order chi connectivity index (χ0) is 22.8. The van der Waals surface area contributed by atoms with Gasteiger partial charge in [-0.25, -0.2) is 9.67 Å². The molecule has 3 rings (SSSR count). The van der Waals surface area contributed by atoms with Gasteiger partial charge in [0.1, 0.15) is 0 Å². The molecule has 0 spiro atoms. The molecular formula is C24H31N5O3. The average molecular weight is 438 g/mol. The number of para-hydroxylation sites is 1. The van der Waals surface area contributed by atoms with Crippen LogP contribution in [0, 0.1) is 0 Å². The van der Waals surface area contributed by atoms with Crippen molar-refractivity contribution in [3.8, 4) is 22.9 Å². The number of ether oxygens (including phenoxy) is 3. The lowest BCUT2D eigenvalue weighted by atomic mass is 10.2. The van der Waals surface area contributed by atoms with Crippen LogP contribution in [-0.4, -0.2) is 50.2 Å². The lowest BCUT2D eigenvalue weighted by Crippen LogP contribution is -2.38. The van der Waals surface area contributed by atoms with Gasteiger partial charge in [-0.3, -0.25) is 0 Å². The number of rotatable bonds is 10. The quantitative estimate of drug-likeness (QED) is 0.375. The molecule has 0 radical (unpaired) electrons. The molecule has 2 aromatic carbocycles. The van der Waals surface area contributed by atoms with Gasteiger partial charge in [0.25, 0.3) is 0 Å². The monoisotopic (exact) mass is 437 g/mol. The SMILES string of the molecule is CCNC(=NCc1cc(OC)c(OC)c(OC)c1)NCCc1cnn(-c2ccccc2)c1. The molecule has 8 nitrogen and oxygen atoms in total. The first-order chi connectivity index (χ1) is 15.7. The fourth-order valence-electron chi connectivity index (χ4n) is 3.28. The number of benzene rings is 2. The molecule has 0 saturated heterocycles. The van der Waals surface area contributed by atoms with Crippen LogP contribution in [0.15, 0.2) is 59.9 Å². The molecule has 0 aliphatic carbocycles. The summed E-state index contributed by atoms with van der Waals surface area (Å²) in [7, 11) is 4.81. The molecule has 170 valence electrons. The Morgan fingerprint density at radius 1 is 0.969 bits per heavy atom. The Morgan fingerprint density at radius 2 is 1.69 bits per heavy atom. The molecule has 0 amide bonds. The predicted molar refractivity (Wildman–Crippen MR) is 126 cm³/mol. The van der Waals surface area contributed by atoms with Crippen molar-refractivity contribution in [2.24, 2.45) is 4.99 Å². The minimum Gasteiger partial charge on any atom is -0.493 e. The van der Waals surface area contributed by atoms with E-state index >= 15 is 0 Å². The predicted octanol–water partition coefficient (Wildman–Crippen LogP) is 3.20. The summed E-state index contributed by atoms with van der Waals surface area (Å²) in [6, 6.07) is 13.9. The summed E-state index contributed by atoms with van der Waals surface area (Å²) >= 11 is 0. The summed E-state index contributed by atoms with van der Waals surface area (Å²) in [6.45, 7) is 4.02. The van der Waals surface area contributed by atoms with Gasteiger partial charge in [0.05, 0.1) is 39.8 Å². The molecule has 1 heterocycles. The topological polar surface area (TPSA) is 81.9 Å². The molecule has 8 heteroatoms. The maximum atomic E-state index is 5.43. The van der Waals surface area contributed by atoms with Gasteiger partial charge in [-0.1, -0.05) is 18.2 Å². The molecule has 0 saturated carbocycles. The standard InChI is InChI=1S/C24H31N5O3/c1-5-25-24(27-15-19-13-21(30-2)23(32-4)22(14-19)31-3)26-12-11-18-16-28-29(17-18)20-9-7-6-8-10-20/h6-10,13-14,16-17H,5,11-12,15H2,1-4H3,(H2,25,26,27). The number of hydrogen-bond acceptors (Lipinski definition) is 5. The first-order valence-electron chi connectivity index (χ1n) is 10.6. The first-order valence-corrected chi connectivity index (χ1v) is 10.6. The average Bonchev–Trinajstić information content (AvgIpc) is 3.31. The number of nitrogens with zero attached hydrogens (tertiary/aromatic N) is 3. The maximum Gasteiger partial charge on any atom is 0.203 e. The number of nitrogens with one attached hydrogen (secondary N) is 2. The summed E-state index contributed by atoms with van der Waals surface area (Å²) in [5.41, 5.74) is 3.16. The van der Waals surface area contributed by atoms with Crippen molar-refractivity contribution in [3.05, 3.63) is 66.0 Å². The van der Waals surface area contributed by atoms with E-state index in [9.17, 15) is 0 Å². The molecule has 0 aliphatic heterocycles. The van der Waals surface area contributed by atoms with Gasteiger partial charge in [-0.2, -0.15) is 5.10 Å². The van der Waals surface area contributed by atoms with Crippen molar-refractivity contribution in [3.63, 3.8) is 0 Å². The normalized spacial score (nSPS) is 11.2. The minimum atomic E-state index is 0.470. The van der Waals surface area contributed by atoms with Gasteiger partial charge >= 0.3 is 0 Å². The summed E-state index contributed by atoms with van der Waals surface area (Å²) in [5.74, 6) is 2.55. The van der Waals surface area contributed by atoms with E-state index < -0.39 is 0 Å². The minimum absolute atomic E-state index is 0.470. The highest BCUT2D eigenvalue weighted by Gasteiger charge is 2.13. The molecule has 2 N–H and O–H groups in total. The van der Waals surface area contributed by atoms with E-state index in [0.29, 0.717) is 23.8 Å². The van der Waals surface area contributed by atoms with Crippen LogP contribution in [0.5, 0.6) is 17.2 Å². The second-order valence-electron chi connectivity index (χ2n) is 7.03. The second-order valence-corrected chi connectivity index (χ2v) is 7.03. The highest BCUT2D eigenvalue weighted by atomic mass is 16.5. The van der Waals surface area contributed by atoms with Crippen LogP contribution >= 0.6 is 0 Å². The van der Waals surface area contributed by atoms with Crippen LogP contribution in [0.4, 0.5) is 0 Å². The molecule has 0 unspecified atom stereocenters. The number of aliphatic imine (C=N–C) groups is 1. The molecule has 0 bridgehead atoms. The lowest BCUT2D eigenvalue weighted by molar-refractivity contribution is 0.324. The van der Waals surface area contributed by atoms with Gasteiger partial charge < -0.3 is 24.8 Å². The lowest BCUT2D eigenvalue weighted by Gasteiger charge is -2.14. The summed E-state index contributed by atoms with van der Waals surface area (Å²) in [6.07, 6.45) is 4.78. The van der Waals surface area contributed by atoms with Crippen molar-refractivity contribution < 1.29 is 14.2 Å². The molecule has 1 aromatic heterocycles. The Bertz CT molecular complexity index is 992. The van der Waals surface area contributed by atoms with Crippen molar-refractivity contribution in [2.45, 2.75) is 19.9 Å². The highest BCUT2D eigenvalue weighted by molar-refractivity contribution is 5.79. The van der Waals surface area contributed by atoms with E-state index in [0.717, 1.165) is 42.3 Å². The van der Waals surface area contributed by atoms with Gasteiger partial charge in [-0.15, -0.1) is 0 Å². The fraction of sp³-hybridized carbons (Fsp3) is 0.333. The maximum absolute atomic E-state index is 5.43. The second kappa shape index (κ2) is 11.6. The molecule has 3 aromatic rings. The van der Waals surface area contributed by atoms with Crippen LogP contribution in [0.1, 0.15) is 18.1 Å². The number of hydrogen-bond donors (Lipinski definition) is 2. The van der Waals surface area contributed by atoms with Crippen molar-refractivity contribution in [2.75, 3.05) is 34.4 Å². The Hall–Kier alpha value is -3.68. The third-order valence-corrected chi connectivity index (χ3v) is 4.85. The summed E-state index contributed by atoms with van der Waals surface area (Å²) in [4.78, 5) is 4.70. The molecule has 32 heavy (non-hydrogen) atoms. The van der Waals surface area contributed by atoms with Crippen LogP contribution in [-0.2, 0) is 13.0 Å². The largest absolute Gasteiger partial charge is 0.493 e. The molecule has 0 aliphatic rings. The van der Waals surface area contributed by atoms with Crippen molar-refractivity contribution in [1.82, 2.24) is 20.4 Å². The molecular weight excluding hydrogens is 406 g/mol. The summed E-state index contributed by atoms with van der Waals surface area (Å²) in [5, 5.41) is 11.1. The smallest absolute Gasteiger partial charge is 0.203 e. The van der Waals surface area contributed by atoms with Crippen molar-refractivity contribution >= 4 is 5.96 Å². The van der Waals surface area contributed by atoms with Crippen molar-refractivity contribution in [1.29, 1.82) is 0 Å². The van der Waals surface area contributed by atoms with Crippen LogP contribution in [0.2, 0.25) is 0 Å². The third kappa shape index (κ3) is 5.94. The Morgan fingerprint density at radius 3 is 2.31 bits per heavy atom. The van der Waals surface area contributed by atoms with Gasteiger partial charge in [0.2, 0.25) is 5.75 Å². The Balaban J connectivity index is 1.61. The van der Waals surface area contributed by atoms with E-state index in [1.807, 2.05) is 60.3 Å². The van der Waals surface area contributed by atoms with Crippen LogP contribution < -0.4 is 24.8 Å². The summed E-state index contributed by atoms with van der Waals surface area (Å²) < 4.78 is 18.1.